The maximum Gasteiger partial charge on any atom is 0.319 e. The van der Waals surface area contributed by atoms with E-state index in [-0.39, 0.29) is 11.6 Å². The molecule has 0 unspecified atom stereocenters. The lowest BCUT2D eigenvalue weighted by Crippen LogP contribution is -2.51. The van der Waals surface area contributed by atoms with Crippen LogP contribution in [0, 0.1) is 0 Å². The molecule has 0 bridgehead atoms. The Hall–Kier alpha value is -1.20. The Balaban J connectivity index is 1.93. The molecule has 0 heterocycles. The fourth-order valence-electron chi connectivity index (χ4n) is 3.08. The van der Waals surface area contributed by atoms with Gasteiger partial charge in [0.25, 0.3) is 0 Å². The van der Waals surface area contributed by atoms with E-state index in [4.69, 9.17) is 0 Å². The summed E-state index contributed by atoms with van der Waals surface area (Å²) in [6.45, 7) is 2.82. The number of carbonyl (C=O) groups is 1. The highest BCUT2D eigenvalue weighted by Crippen LogP contribution is 2.33. The van der Waals surface area contributed by atoms with Crippen LogP contribution in [0.2, 0.25) is 0 Å². The predicted molar refractivity (Wildman–Crippen MR) is 94.7 cm³/mol. The summed E-state index contributed by atoms with van der Waals surface area (Å²) < 4.78 is 0. The summed E-state index contributed by atoms with van der Waals surface area (Å²) in [5.41, 5.74) is 1.01. The highest BCUT2D eigenvalue weighted by molar-refractivity contribution is 7.99. The van der Waals surface area contributed by atoms with Crippen LogP contribution >= 0.6 is 11.8 Å². The van der Waals surface area contributed by atoms with Crippen LogP contribution in [0.25, 0.3) is 0 Å². The molecule has 122 valence electrons. The largest absolute Gasteiger partial charge is 0.336 e. The SMILES string of the molecule is CCSc1ccccc1NC(=O)NCC1(N(C)C)CCCC1. The fourth-order valence-corrected chi connectivity index (χ4v) is 3.84. The standard InChI is InChI=1S/C17H27N3OS/c1-4-22-15-10-6-5-9-14(15)19-16(21)18-13-17(20(2)3)11-7-8-12-17/h5-6,9-10H,4,7-8,11-13H2,1-3H3,(H2,18,19,21). The quantitative estimate of drug-likeness (QED) is 0.783. The molecule has 0 atom stereocenters. The number of rotatable bonds is 6. The van der Waals surface area contributed by atoms with Crippen LogP contribution in [0.5, 0.6) is 0 Å². The molecule has 1 fully saturated rings. The number of nitrogens with zero attached hydrogens (tertiary/aromatic N) is 1. The van der Waals surface area contributed by atoms with E-state index in [0.717, 1.165) is 29.2 Å². The van der Waals surface area contributed by atoms with Crippen molar-refractivity contribution in [2.45, 2.75) is 43.0 Å². The molecular formula is C17H27N3OS. The Morgan fingerprint density at radius 3 is 2.59 bits per heavy atom. The molecule has 2 N–H and O–H groups in total. The van der Waals surface area contributed by atoms with E-state index in [9.17, 15) is 4.79 Å². The Labute approximate surface area is 138 Å². The molecule has 1 aliphatic rings. The third-order valence-corrected chi connectivity index (χ3v) is 5.45. The first-order valence-corrected chi connectivity index (χ1v) is 9.00. The average molecular weight is 321 g/mol. The molecule has 1 aromatic carbocycles. The third-order valence-electron chi connectivity index (χ3n) is 4.50. The van der Waals surface area contributed by atoms with Gasteiger partial charge < -0.3 is 15.5 Å². The number of carbonyl (C=O) groups excluding carboxylic acids is 1. The van der Waals surface area contributed by atoms with Crippen molar-refractivity contribution in [3.8, 4) is 0 Å². The summed E-state index contributed by atoms with van der Waals surface area (Å²) in [6.07, 6.45) is 4.81. The normalized spacial score (nSPS) is 16.7. The number of anilines is 1. The van der Waals surface area contributed by atoms with Crippen LogP contribution in [0.1, 0.15) is 32.6 Å². The zero-order valence-electron chi connectivity index (χ0n) is 13.8. The van der Waals surface area contributed by atoms with E-state index in [1.54, 1.807) is 11.8 Å². The maximum atomic E-state index is 12.2. The number of para-hydroxylation sites is 1. The third kappa shape index (κ3) is 4.17. The maximum absolute atomic E-state index is 12.2. The van der Waals surface area contributed by atoms with Gasteiger partial charge in [-0.15, -0.1) is 11.8 Å². The molecule has 1 aromatic rings. The van der Waals surface area contributed by atoms with Crippen molar-refractivity contribution in [2.24, 2.45) is 0 Å². The number of amides is 2. The lowest BCUT2D eigenvalue weighted by molar-refractivity contribution is 0.156. The van der Waals surface area contributed by atoms with Gasteiger partial charge in [-0.05, 0) is 44.8 Å². The van der Waals surface area contributed by atoms with E-state index >= 15 is 0 Å². The zero-order valence-corrected chi connectivity index (χ0v) is 14.6. The summed E-state index contributed by atoms with van der Waals surface area (Å²) in [4.78, 5) is 15.6. The van der Waals surface area contributed by atoms with Crippen molar-refractivity contribution in [1.82, 2.24) is 10.2 Å². The molecular weight excluding hydrogens is 294 g/mol. The van der Waals surface area contributed by atoms with Crippen LogP contribution in [-0.4, -0.2) is 42.9 Å². The van der Waals surface area contributed by atoms with Gasteiger partial charge in [-0.3, -0.25) is 0 Å². The number of benzene rings is 1. The van der Waals surface area contributed by atoms with Gasteiger partial charge in [0.2, 0.25) is 0 Å². The number of thioether (sulfide) groups is 1. The summed E-state index contributed by atoms with van der Waals surface area (Å²) in [7, 11) is 4.22. The van der Waals surface area contributed by atoms with Gasteiger partial charge in [-0.25, -0.2) is 4.79 Å². The average Bonchev–Trinajstić information content (AvgIpc) is 2.98. The molecule has 0 saturated heterocycles. The van der Waals surface area contributed by atoms with Gasteiger partial charge in [0.05, 0.1) is 5.69 Å². The molecule has 2 amide bonds. The van der Waals surface area contributed by atoms with Crippen molar-refractivity contribution < 1.29 is 4.79 Å². The highest BCUT2D eigenvalue weighted by Gasteiger charge is 2.36. The van der Waals surface area contributed by atoms with E-state index in [1.165, 1.54) is 12.8 Å². The van der Waals surface area contributed by atoms with Crippen LogP contribution < -0.4 is 10.6 Å². The lowest BCUT2D eigenvalue weighted by atomic mass is 9.96. The van der Waals surface area contributed by atoms with Gasteiger partial charge >= 0.3 is 6.03 Å². The second-order valence-corrected chi connectivity index (χ2v) is 7.37. The molecule has 22 heavy (non-hydrogen) atoms. The van der Waals surface area contributed by atoms with Crippen molar-refractivity contribution in [3.63, 3.8) is 0 Å². The molecule has 5 heteroatoms. The Morgan fingerprint density at radius 2 is 1.95 bits per heavy atom. The van der Waals surface area contributed by atoms with Gasteiger partial charge in [0.1, 0.15) is 0 Å². The first kappa shape index (κ1) is 17.2. The molecule has 0 aromatic heterocycles. The monoisotopic (exact) mass is 321 g/mol. The minimum Gasteiger partial charge on any atom is -0.336 e. The van der Waals surface area contributed by atoms with Crippen LogP contribution in [0.3, 0.4) is 0 Å². The first-order valence-electron chi connectivity index (χ1n) is 8.01. The second-order valence-electron chi connectivity index (χ2n) is 6.06. The van der Waals surface area contributed by atoms with Gasteiger partial charge in [-0.2, -0.15) is 0 Å². The second kappa shape index (κ2) is 7.88. The number of hydrogen-bond donors (Lipinski definition) is 2. The number of nitrogens with one attached hydrogen (secondary N) is 2. The highest BCUT2D eigenvalue weighted by atomic mass is 32.2. The first-order chi connectivity index (χ1) is 10.6. The predicted octanol–water partition coefficient (Wildman–Crippen LogP) is 3.79. The van der Waals surface area contributed by atoms with Crippen LogP contribution in [0.15, 0.2) is 29.2 Å². The fraction of sp³-hybridized carbons (Fsp3) is 0.588. The van der Waals surface area contributed by atoms with Crippen molar-refractivity contribution in [2.75, 3.05) is 31.7 Å². The van der Waals surface area contributed by atoms with Gasteiger partial charge in [-0.1, -0.05) is 31.9 Å². The molecule has 0 radical (unpaired) electrons. The number of hydrogen-bond acceptors (Lipinski definition) is 3. The lowest BCUT2D eigenvalue weighted by Gasteiger charge is -2.36. The molecule has 0 aliphatic heterocycles. The van der Waals surface area contributed by atoms with Gasteiger partial charge in [0.15, 0.2) is 0 Å². The summed E-state index contributed by atoms with van der Waals surface area (Å²) >= 11 is 1.74. The smallest absolute Gasteiger partial charge is 0.319 e. The molecule has 2 rings (SSSR count). The molecule has 4 nitrogen and oxygen atoms in total. The summed E-state index contributed by atoms with van der Waals surface area (Å²) in [5.74, 6) is 0.990. The van der Waals surface area contributed by atoms with E-state index in [1.807, 2.05) is 24.3 Å². The minimum absolute atomic E-state index is 0.114. The Morgan fingerprint density at radius 1 is 1.27 bits per heavy atom. The summed E-state index contributed by atoms with van der Waals surface area (Å²) in [6, 6.07) is 7.84. The van der Waals surface area contributed by atoms with Crippen molar-refractivity contribution in [1.29, 1.82) is 0 Å². The van der Waals surface area contributed by atoms with Crippen LogP contribution in [0.4, 0.5) is 10.5 Å². The van der Waals surface area contributed by atoms with Crippen LogP contribution in [-0.2, 0) is 0 Å². The minimum atomic E-state index is -0.114. The molecule has 1 saturated carbocycles. The molecule has 1 aliphatic carbocycles. The summed E-state index contributed by atoms with van der Waals surface area (Å²) in [5, 5.41) is 6.05. The van der Waals surface area contributed by atoms with E-state index in [0.29, 0.717) is 6.54 Å². The van der Waals surface area contributed by atoms with E-state index < -0.39 is 0 Å². The Kier molecular flexibility index (Phi) is 6.15. The van der Waals surface area contributed by atoms with Crippen molar-refractivity contribution in [3.05, 3.63) is 24.3 Å². The Bertz CT molecular complexity index is 498. The molecule has 0 spiro atoms. The topological polar surface area (TPSA) is 44.4 Å². The zero-order chi connectivity index (χ0) is 16.0. The number of likely N-dealkylation sites (N-methyl/N-ethyl adjacent to an activating group) is 1. The van der Waals surface area contributed by atoms with E-state index in [2.05, 4.69) is 36.6 Å². The van der Waals surface area contributed by atoms with Gasteiger partial charge in [0, 0.05) is 17.0 Å². The number of urea groups is 1. The van der Waals surface area contributed by atoms with Crippen molar-refractivity contribution >= 4 is 23.5 Å².